The highest BCUT2D eigenvalue weighted by Crippen LogP contribution is 2.29. The Labute approximate surface area is 235 Å². The highest BCUT2D eigenvalue weighted by atomic mass is 19.1. The van der Waals surface area contributed by atoms with Gasteiger partial charge >= 0.3 is 5.97 Å². The number of methoxy groups -OCH3 is 2. The molecule has 0 saturated heterocycles. The topological polar surface area (TPSA) is 120 Å². The number of halogens is 1. The number of ether oxygens (including phenoxy) is 2. The Kier molecular flexibility index (Phi) is 12.1. The van der Waals surface area contributed by atoms with Gasteiger partial charge in [-0.05, 0) is 48.4 Å². The number of guanidine groups is 1. The number of hydrogen-bond acceptors (Lipinski definition) is 6. The fraction of sp³-hybridized carbons (Fsp3) is 0.484. The number of aryl methyl sites for hydroxylation is 1. The van der Waals surface area contributed by atoms with E-state index >= 15 is 0 Å². The van der Waals surface area contributed by atoms with Crippen molar-refractivity contribution in [1.82, 2.24) is 5.32 Å². The zero-order valence-corrected chi connectivity index (χ0v) is 23.4. The molecule has 3 N–H and O–H groups in total. The summed E-state index contributed by atoms with van der Waals surface area (Å²) < 4.78 is 23.7. The first-order valence-electron chi connectivity index (χ1n) is 13.9. The number of benzene rings is 2. The predicted molar refractivity (Wildman–Crippen MR) is 151 cm³/mol. The molecular weight excluding hydrogens is 513 g/mol. The van der Waals surface area contributed by atoms with Gasteiger partial charge in [0.15, 0.2) is 23.3 Å². The van der Waals surface area contributed by atoms with Crippen LogP contribution in [0.3, 0.4) is 0 Å². The van der Waals surface area contributed by atoms with Crippen LogP contribution >= 0.6 is 0 Å². The van der Waals surface area contributed by atoms with E-state index in [9.17, 15) is 18.8 Å². The smallest absolute Gasteiger partial charge is 0.309 e. The monoisotopic (exact) mass is 553 g/mol. The zero-order valence-electron chi connectivity index (χ0n) is 23.4. The third kappa shape index (κ3) is 9.77. The molecule has 9 heteroatoms. The number of nitrogens with zero attached hydrogens (tertiary/aromatic N) is 1. The molecule has 0 spiro atoms. The summed E-state index contributed by atoms with van der Waals surface area (Å²) in [7, 11) is 2.69. The van der Waals surface area contributed by atoms with Crippen LogP contribution in [0.5, 0.6) is 5.75 Å². The highest BCUT2D eigenvalue weighted by Gasteiger charge is 2.26. The van der Waals surface area contributed by atoms with Gasteiger partial charge in [-0.15, -0.1) is 0 Å². The number of aliphatic imine (C=N–C) groups is 1. The lowest BCUT2D eigenvalue weighted by atomic mass is 9.83. The SMILES string of the molecule is COC(=O)[C@H](CC(=O)NC(N)=N[C@H](CC1CCCCC1)C(=O)CCc1ccc(F)c(OC)c1)Cc1ccccc1. The van der Waals surface area contributed by atoms with Crippen molar-refractivity contribution >= 4 is 23.6 Å². The van der Waals surface area contributed by atoms with Gasteiger partial charge in [0.05, 0.1) is 20.1 Å². The molecule has 1 amide bonds. The summed E-state index contributed by atoms with van der Waals surface area (Å²) in [6.45, 7) is 0. The van der Waals surface area contributed by atoms with Crippen molar-refractivity contribution in [3.05, 3.63) is 65.5 Å². The van der Waals surface area contributed by atoms with Crippen molar-refractivity contribution in [2.45, 2.75) is 70.3 Å². The molecule has 0 radical (unpaired) electrons. The van der Waals surface area contributed by atoms with Gasteiger partial charge in [-0.2, -0.15) is 0 Å². The van der Waals surface area contributed by atoms with Crippen LogP contribution in [0.4, 0.5) is 4.39 Å². The summed E-state index contributed by atoms with van der Waals surface area (Å²) in [4.78, 5) is 42.9. The average molecular weight is 554 g/mol. The molecule has 1 aliphatic rings. The number of nitrogens with two attached hydrogens (primary N) is 1. The molecule has 0 heterocycles. The molecule has 0 bridgehead atoms. The maximum Gasteiger partial charge on any atom is 0.309 e. The maximum absolute atomic E-state index is 13.8. The van der Waals surface area contributed by atoms with Crippen molar-refractivity contribution in [2.24, 2.45) is 22.6 Å². The maximum atomic E-state index is 13.8. The number of amides is 1. The molecule has 216 valence electrons. The van der Waals surface area contributed by atoms with E-state index < -0.39 is 29.7 Å². The Balaban J connectivity index is 1.67. The van der Waals surface area contributed by atoms with Crippen molar-refractivity contribution < 1.29 is 28.2 Å². The Morgan fingerprint density at radius 2 is 1.77 bits per heavy atom. The van der Waals surface area contributed by atoms with Gasteiger partial charge in [-0.25, -0.2) is 9.38 Å². The highest BCUT2D eigenvalue weighted by molar-refractivity contribution is 5.98. The molecule has 1 aliphatic carbocycles. The van der Waals surface area contributed by atoms with Gasteiger partial charge in [0, 0.05) is 12.8 Å². The number of Topliss-reactive ketones (excluding diaryl/α,β-unsaturated/α-hetero) is 1. The van der Waals surface area contributed by atoms with E-state index in [1.54, 1.807) is 12.1 Å². The lowest BCUT2D eigenvalue weighted by Crippen LogP contribution is -2.40. The first-order chi connectivity index (χ1) is 19.3. The minimum Gasteiger partial charge on any atom is -0.494 e. The molecule has 3 rings (SSSR count). The Morgan fingerprint density at radius 1 is 1.05 bits per heavy atom. The summed E-state index contributed by atoms with van der Waals surface area (Å²) >= 11 is 0. The van der Waals surface area contributed by atoms with Crippen molar-refractivity contribution in [2.75, 3.05) is 14.2 Å². The van der Waals surface area contributed by atoms with Crippen LogP contribution in [-0.4, -0.2) is 43.9 Å². The van der Waals surface area contributed by atoms with Gasteiger partial charge in [0.1, 0.15) is 6.04 Å². The normalized spacial score (nSPS) is 15.6. The van der Waals surface area contributed by atoms with Gasteiger partial charge in [0.25, 0.3) is 0 Å². The first-order valence-corrected chi connectivity index (χ1v) is 13.9. The molecule has 0 unspecified atom stereocenters. The largest absolute Gasteiger partial charge is 0.494 e. The molecule has 2 atom stereocenters. The molecule has 1 fully saturated rings. The van der Waals surface area contributed by atoms with Crippen LogP contribution in [-0.2, 0) is 32.0 Å². The van der Waals surface area contributed by atoms with Crippen molar-refractivity contribution in [3.8, 4) is 5.75 Å². The van der Waals surface area contributed by atoms with Crippen LogP contribution in [0.25, 0.3) is 0 Å². The summed E-state index contributed by atoms with van der Waals surface area (Å²) in [5.41, 5.74) is 7.79. The van der Waals surface area contributed by atoms with E-state index in [0.717, 1.165) is 36.8 Å². The predicted octanol–water partition coefficient (Wildman–Crippen LogP) is 4.53. The first kappa shape index (κ1) is 30.8. The van der Waals surface area contributed by atoms with E-state index in [1.807, 2.05) is 30.3 Å². The van der Waals surface area contributed by atoms with Crippen molar-refractivity contribution in [3.63, 3.8) is 0 Å². The molecule has 0 aromatic heterocycles. The van der Waals surface area contributed by atoms with Crippen LogP contribution in [0.15, 0.2) is 53.5 Å². The Bertz CT molecular complexity index is 1160. The molecule has 2 aromatic carbocycles. The van der Waals surface area contributed by atoms with Gasteiger partial charge in [-0.1, -0.05) is 68.5 Å². The fourth-order valence-corrected chi connectivity index (χ4v) is 5.21. The minimum absolute atomic E-state index is 0.0948. The number of esters is 1. The lowest BCUT2D eigenvalue weighted by Gasteiger charge is -2.24. The molecule has 8 nitrogen and oxygen atoms in total. The second kappa shape index (κ2) is 15.7. The van der Waals surface area contributed by atoms with Gasteiger partial charge in [0.2, 0.25) is 5.91 Å². The number of ketones is 1. The average Bonchev–Trinajstić information content (AvgIpc) is 2.96. The van der Waals surface area contributed by atoms with Crippen LogP contribution < -0.4 is 15.8 Å². The number of hydrogen-bond donors (Lipinski definition) is 2. The summed E-state index contributed by atoms with van der Waals surface area (Å²) in [6, 6.07) is 13.2. The van der Waals surface area contributed by atoms with Crippen LogP contribution in [0.1, 0.15) is 62.5 Å². The number of carbonyl (C=O) groups is 3. The summed E-state index contributed by atoms with van der Waals surface area (Å²) in [5, 5.41) is 2.56. The molecule has 0 aliphatic heterocycles. The Morgan fingerprint density at radius 3 is 2.45 bits per heavy atom. The van der Waals surface area contributed by atoms with Gasteiger partial charge < -0.3 is 15.2 Å². The third-order valence-corrected chi connectivity index (χ3v) is 7.38. The standard InChI is InChI=1S/C31H40FN3O5/c1-39-28-19-23(13-15-25(28)32)14-16-27(36)26(18-22-11-7-4-8-12-22)34-31(33)35-29(37)20-24(30(38)40-2)17-21-9-5-3-6-10-21/h3,5-6,9-10,13,15,19,22,24,26H,4,7-8,11-12,14,16-18,20H2,1-2H3,(H3,33,34,35,37)/t24-,26+/m0/s1. The molecule has 2 aromatic rings. The fourth-order valence-electron chi connectivity index (χ4n) is 5.21. The number of rotatable bonds is 13. The summed E-state index contributed by atoms with van der Waals surface area (Å²) in [5.74, 6) is -1.87. The quantitative estimate of drug-likeness (QED) is 0.214. The minimum atomic E-state index is -0.702. The van der Waals surface area contributed by atoms with E-state index in [4.69, 9.17) is 15.2 Å². The lowest BCUT2D eigenvalue weighted by molar-refractivity contribution is -0.147. The number of nitrogens with one attached hydrogen (secondary N) is 1. The van der Waals surface area contributed by atoms with Crippen LogP contribution in [0.2, 0.25) is 0 Å². The molecular formula is C31H40FN3O5. The van der Waals surface area contributed by atoms with Crippen molar-refractivity contribution in [1.29, 1.82) is 0 Å². The van der Waals surface area contributed by atoms with Crippen LogP contribution in [0, 0.1) is 17.7 Å². The number of carbonyl (C=O) groups excluding carboxylic acids is 3. The van der Waals surface area contributed by atoms with E-state index in [0.29, 0.717) is 25.2 Å². The third-order valence-electron chi connectivity index (χ3n) is 7.38. The summed E-state index contributed by atoms with van der Waals surface area (Å²) in [6.07, 6.45) is 6.84. The second-order valence-electron chi connectivity index (χ2n) is 10.4. The molecule has 1 saturated carbocycles. The van der Waals surface area contributed by atoms with E-state index in [-0.39, 0.29) is 30.3 Å². The zero-order chi connectivity index (χ0) is 28.9. The molecule has 40 heavy (non-hydrogen) atoms. The van der Waals surface area contributed by atoms with E-state index in [2.05, 4.69) is 10.3 Å². The second-order valence-corrected chi connectivity index (χ2v) is 10.4. The Hall–Kier alpha value is -3.75. The van der Waals surface area contributed by atoms with E-state index in [1.165, 1.54) is 26.7 Å². The van der Waals surface area contributed by atoms with Gasteiger partial charge in [-0.3, -0.25) is 19.7 Å².